The van der Waals surface area contributed by atoms with Crippen LogP contribution < -0.4 is 15.4 Å². The molecular weight excluding hydrogens is 388 g/mol. The monoisotopic (exact) mass is 416 g/mol. The minimum absolute atomic E-state index is 0.0668. The van der Waals surface area contributed by atoms with Crippen molar-refractivity contribution in [2.45, 2.75) is 46.2 Å². The second-order valence-electron chi connectivity index (χ2n) is 8.33. The van der Waals surface area contributed by atoms with Gasteiger partial charge in [-0.3, -0.25) is 0 Å². The summed E-state index contributed by atoms with van der Waals surface area (Å²) in [6.07, 6.45) is 2.44. The molecule has 4 rings (SSSR count). The first-order valence-corrected chi connectivity index (χ1v) is 10.9. The van der Waals surface area contributed by atoms with Gasteiger partial charge in [-0.1, -0.05) is 12.1 Å². The third-order valence-electron chi connectivity index (χ3n) is 5.43. The zero-order valence-corrected chi connectivity index (χ0v) is 18.2. The van der Waals surface area contributed by atoms with E-state index >= 15 is 0 Å². The summed E-state index contributed by atoms with van der Waals surface area (Å²) in [6, 6.07) is 15.9. The summed E-state index contributed by atoms with van der Waals surface area (Å²) in [5.41, 5.74) is 4.31. The van der Waals surface area contributed by atoms with Crippen LogP contribution in [0.1, 0.15) is 39.2 Å². The average Bonchev–Trinajstić information content (AvgIpc) is 3.50. The Labute approximate surface area is 182 Å². The van der Waals surface area contributed by atoms with E-state index in [9.17, 15) is 10.1 Å². The van der Waals surface area contributed by atoms with Crippen LogP contribution in [0.2, 0.25) is 0 Å². The minimum atomic E-state index is -0.230. The molecule has 1 aliphatic rings. The molecule has 0 atom stereocenters. The first-order valence-electron chi connectivity index (χ1n) is 10.9. The van der Waals surface area contributed by atoms with Crippen LogP contribution in [0, 0.1) is 17.2 Å². The van der Waals surface area contributed by atoms with Crippen LogP contribution in [-0.4, -0.2) is 23.2 Å². The van der Waals surface area contributed by atoms with E-state index in [1.807, 2.05) is 63.2 Å². The first-order chi connectivity index (χ1) is 15.0. The molecule has 0 spiro atoms. The highest BCUT2D eigenvalue weighted by atomic mass is 16.5. The first kappa shape index (κ1) is 20.8. The quantitative estimate of drug-likeness (QED) is 0.532. The van der Waals surface area contributed by atoms with Crippen molar-refractivity contribution in [2.75, 3.05) is 11.9 Å². The van der Waals surface area contributed by atoms with E-state index in [0.717, 1.165) is 34.5 Å². The van der Waals surface area contributed by atoms with Crippen molar-refractivity contribution in [1.82, 2.24) is 9.88 Å². The molecule has 0 saturated heterocycles. The Hall–Kier alpha value is -3.46. The molecule has 31 heavy (non-hydrogen) atoms. The third-order valence-corrected chi connectivity index (χ3v) is 5.43. The molecule has 1 heterocycles. The van der Waals surface area contributed by atoms with Crippen molar-refractivity contribution in [1.29, 1.82) is 5.26 Å². The van der Waals surface area contributed by atoms with E-state index in [1.165, 1.54) is 12.8 Å². The van der Waals surface area contributed by atoms with Gasteiger partial charge in [0.05, 0.1) is 23.4 Å². The number of aromatic nitrogens is 1. The van der Waals surface area contributed by atoms with Gasteiger partial charge in [-0.2, -0.15) is 5.26 Å². The Balaban J connectivity index is 1.75. The number of ether oxygens (including phenoxy) is 1. The number of nitrogens with zero attached hydrogens (tertiary/aromatic N) is 2. The van der Waals surface area contributed by atoms with Crippen molar-refractivity contribution >= 4 is 22.6 Å². The number of carbonyl (C=O) groups excluding carboxylic acids is 1. The van der Waals surface area contributed by atoms with Gasteiger partial charge in [-0.05, 0) is 69.4 Å². The summed E-state index contributed by atoms with van der Waals surface area (Å²) < 4.78 is 7.98. The van der Waals surface area contributed by atoms with E-state index in [0.29, 0.717) is 23.8 Å². The number of hydrogen-bond donors (Lipinski definition) is 2. The Bertz CT molecular complexity index is 1140. The molecule has 2 N–H and O–H groups in total. The number of nitrogens with one attached hydrogen (secondary N) is 2. The van der Waals surface area contributed by atoms with Gasteiger partial charge in [-0.25, -0.2) is 4.79 Å². The number of amides is 2. The van der Waals surface area contributed by atoms with Crippen LogP contribution >= 0.6 is 0 Å². The fourth-order valence-corrected chi connectivity index (χ4v) is 3.89. The summed E-state index contributed by atoms with van der Waals surface area (Å²) in [5, 5.41) is 16.6. The fourth-order valence-electron chi connectivity index (χ4n) is 3.89. The highest BCUT2D eigenvalue weighted by Gasteiger charge is 2.26. The average molecular weight is 417 g/mol. The molecule has 1 aliphatic carbocycles. The minimum Gasteiger partial charge on any atom is -0.494 e. The molecule has 0 bridgehead atoms. The lowest BCUT2D eigenvalue weighted by molar-refractivity contribution is 0.250. The Morgan fingerprint density at radius 1 is 1.23 bits per heavy atom. The molecule has 0 radical (unpaired) electrons. The van der Waals surface area contributed by atoms with E-state index < -0.39 is 0 Å². The van der Waals surface area contributed by atoms with E-state index in [4.69, 9.17) is 4.74 Å². The molecule has 2 aromatic carbocycles. The topological polar surface area (TPSA) is 79.1 Å². The number of benzene rings is 2. The van der Waals surface area contributed by atoms with Gasteiger partial charge in [0.1, 0.15) is 11.8 Å². The lowest BCUT2D eigenvalue weighted by Crippen LogP contribution is -2.34. The third kappa shape index (κ3) is 4.51. The Kier molecular flexibility index (Phi) is 5.85. The number of anilines is 1. The highest BCUT2D eigenvalue weighted by molar-refractivity contribution is 5.96. The number of carbonyl (C=O) groups is 1. The Morgan fingerprint density at radius 2 is 1.97 bits per heavy atom. The van der Waals surface area contributed by atoms with Gasteiger partial charge in [0.15, 0.2) is 0 Å². The number of fused-ring (bicyclic) bond motifs is 1. The predicted octanol–water partition coefficient (Wildman–Crippen LogP) is 5.52. The van der Waals surface area contributed by atoms with Gasteiger partial charge in [0.25, 0.3) is 0 Å². The molecule has 160 valence electrons. The summed E-state index contributed by atoms with van der Waals surface area (Å²) >= 11 is 0. The van der Waals surface area contributed by atoms with Crippen LogP contribution in [0.4, 0.5) is 10.5 Å². The summed E-state index contributed by atoms with van der Waals surface area (Å²) in [4.78, 5) is 12.0. The smallest absolute Gasteiger partial charge is 0.319 e. The SMILES string of the molecule is CCOc1ccc2c(C#N)c(-c3ccc(NC(=O)NC(C)C)cc3)n(CC3CC3)c2c1. The maximum Gasteiger partial charge on any atom is 0.319 e. The zero-order chi connectivity index (χ0) is 22.0. The number of urea groups is 1. The van der Waals surface area contributed by atoms with Crippen molar-refractivity contribution in [2.24, 2.45) is 5.92 Å². The van der Waals surface area contributed by atoms with E-state index in [-0.39, 0.29) is 12.1 Å². The number of rotatable bonds is 7. The van der Waals surface area contributed by atoms with Crippen LogP contribution in [0.5, 0.6) is 5.75 Å². The Morgan fingerprint density at radius 3 is 2.58 bits per heavy atom. The second kappa shape index (κ2) is 8.73. The number of hydrogen-bond acceptors (Lipinski definition) is 3. The molecule has 6 nitrogen and oxygen atoms in total. The summed E-state index contributed by atoms with van der Waals surface area (Å²) in [6.45, 7) is 7.30. The summed E-state index contributed by atoms with van der Waals surface area (Å²) in [7, 11) is 0. The van der Waals surface area contributed by atoms with Crippen molar-refractivity contribution in [3.8, 4) is 23.1 Å². The molecular formula is C25H28N4O2. The molecule has 0 aliphatic heterocycles. The maximum atomic E-state index is 12.0. The van der Waals surface area contributed by atoms with Crippen LogP contribution in [0.3, 0.4) is 0 Å². The van der Waals surface area contributed by atoms with Crippen molar-refractivity contribution in [3.05, 3.63) is 48.0 Å². The lowest BCUT2D eigenvalue weighted by Gasteiger charge is -2.13. The molecule has 3 aromatic rings. The van der Waals surface area contributed by atoms with Gasteiger partial charge < -0.3 is 19.9 Å². The van der Waals surface area contributed by atoms with Crippen LogP contribution in [0.25, 0.3) is 22.2 Å². The van der Waals surface area contributed by atoms with Gasteiger partial charge in [-0.15, -0.1) is 0 Å². The number of nitriles is 1. The molecule has 0 unspecified atom stereocenters. The molecule has 1 fully saturated rings. The largest absolute Gasteiger partial charge is 0.494 e. The molecule has 6 heteroatoms. The maximum absolute atomic E-state index is 12.0. The van der Waals surface area contributed by atoms with E-state index in [2.05, 4.69) is 21.3 Å². The predicted molar refractivity (Wildman–Crippen MR) is 123 cm³/mol. The van der Waals surface area contributed by atoms with Crippen molar-refractivity contribution in [3.63, 3.8) is 0 Å². The summed E-state index contributed by atoms with van der Waals surface area (Å²) in [5.74, 6) is 1.47. The standard InChI is InChI=1S/C25H28N4O2/c1-4-31-20-11-12-21-22(14-26)24(29(23(21)13-20)15-17-5-6-17)18-7-9-19(10-8-18)28-25(30)27-16(2)3/h7-13,16-17H,4-6,15H2,1-3H3,(H2,27,28,30). The molecule has 1 aromatic heterocycles. The normalized spacial score (nSPS) is 13.3. The van der Waals surface area contributed by atoms with Crippen molar-refractivity contribution < 1.29 is 9.53 Å². The zero-order valence-electron chi connectivity index (χ0n) is 18.2. The van der Waals surface area contributed by atoms with Crippen LogP contribution in [0.15, 0.2) is 42.5 Å². The van der Waals surface area contributed by atoms with Gasteiger partial charge >= 0.3 is 6.03 Å². The molecule has 1 saturated carbocycles. The van der Waals surface area contributed by atoms with Gasteiger partial charge in [0, 0.05) is 29.7 Å². The molecule has 2 amide bonds. The van der Waals surface area contributed by atoms with Gasteiger partial charge in [0.2, 0.25) is 0 Å². The second-order valence-corrected chi connectivity index (χ2v) is 8.33. The fraction of sp³-hybridized carbons (Fsp3) is 0.360. The van der Waals surface area contributed by atoms with Crippen LogP contribution in [-0.2, 0) is 6.54 Å². The van der Waals surface area contributed by atoms with E-state index in [1.54, 1.807) is 0 Å². The lowest BCUT2D eigenvalue weighted by atomic mass is 10.1. The highest BCUT2D eigenvalue weighted by Crippen LogP contribution is 2.39.